The number of para-hydroxylation sites is 3. The molecule has 0 bridgehead atoms. The Balaban J connectivity index is 1.38. The van der Waals surface area contributed by atoms with Crippen molar-refractivity contribution in [1.82, 2.24) is 9.55 Å². The molecule has 1 aromatic heterocycles. The first-order chi connectivity index (χ1) is 12.8. The number of carbonyl (C=O) groups excluding carboxylic acids is 1. The molecule has 2 aromatic carbocycles. The van der Waals surface area contributed by atoms with Crippen molar-refractivity contribution in [3.8, 4) is 11.5 Å². The number of carbonyl (C=O) groups is 1. The molecular weight excluding hydrogens is 330 g/mol. The lowest BCUT2D eigenvalue weighted by Gasteiger charge is -2.15. The zero-order valence-electron chi connectivity index (χ0n) is 14.2. The molecule has 6 nitrogen and oxygen atoms in total. The summed E-state index contributed by atoms with van der Waals surface area (Å²) in [5.41, 5.74) is 1.69. The summed E-state index contributed by atoms with van der Waals surface area (Å²) in [7, 11) is 0. The summed E-state index contributed by atoms with van der Waals surface area (Å²) in [5, 5.41) is 2.92. The summed E-state index contributed by atoms with van der Waals surface area (Å²) in [6.07, 6.45) is 5.41. The van der Waals surface area contributed by atoms with Crippen LogP contribution in [0.25, 0.3) is 0 Å². The van der Waals surface area contributed by atoms with Gasteiger partial charge in [0.05, 0.1) is 18.6 Å². The third-order valence-electron chi connectivity index (χ3n) is 4.25. The summed E-state index contributed by atoms with van der Waals surface area (Å²) in [4.78, 5) is 16.6. The lowest BCUT2D eigenvalue weighted by Crippen LogP contribution is -2.31. The van der Waals surface area contributed by atoms with Gasteiger partial charge in [-0.05, 0) is 23.8 Å². The van der Waals surface area contributed by atoms with E-state index in [2.05, 4.69) is 10.3 Å². The lowest BCUT2D eigenvalue weighted by molar-refractivity contribution is -0.122. The highest BCUT2D eigenvalue weighted by atomic mass is 16.5. The summed E-state index contributed by atoms with van der Waals surface area (Å²) in [5.74, 6) is 1.24. The second-order valence-corrected chi connectivity index (χ2v) is 6.05. The van der Waals surface area contributed by atoms with Gasteiger partial charge in [-0.25, -0.2) is 4.98 Å². The fraction of sp³-hybridized carbons (Fsp3) is 0.200. The molecule has 1 N–H and O–H groups in total. The number of anilines is 1. The minimum absolute atomic E-state index is 0.174. The summed E-state index contributed by atoms with van der Waals surface area (Å²) in [6.45, 7) is 1.16. The van der Waals surface area contributed by atoms with E-state index in [-0.39, 0.29) is 5.91 Å². The third kappa shape index (κ3) is 3.54. The fourth-order valence-electron chi connectivity index (χ4n) is 2.92. The fourth-order valence-corrected chi connectivity index (χ4v) is 2.92. The molecule has 0 saturated carbocycles. The lowest BCUT2D eigenvalue weighted by atomic mass is 10.1. The van der Waals surface area contributed by atoms with Crippen molar-refractivity contribution in [1.29, 1.82) is 0 Å². The van der Waals surface area contributed by atoms with Crippen molar-refractivity contribution in [2.75, 3.05) is 11.9 Å². The molecule has 3 aromatic rings. The zero-order valence-corrected chi connectivity index (χ0v) is 14.2. The Morgan fingerprint density at radius 2 is 2.08 bits per heavy atom. The highest BCUT2D eigenvalue weighted by Crippen LogP contribution is 2.30. The van der Waals surface area contributed by atoms with Gasteiger partial charge in [0.2, 0.25) is 0 Å². The van der Waals surface area contributed by atoms with Gasteiger partial charge in [-0.1, -0.05) is 30.3 Å². The Bertz CT molecular complexity index is 868. The molecule has 132 valence electrons. The Morgan fingerprint density at radius 1 is 1.23 bits per heavy atom. The molecule has 0 saturated heterocycles. The molecular formula is C20H19N3O3. The Morgan fingerprint density at radius 3 is 2.92 bits per heavy atom. The molecule has 0 spiro atoms. The van der Waals surface area contributed by atoms with Gasteiger partial charge in [-0.2, -0.15) is 0 Å². The van der Waals surface area contributed by atoms with E-state index in [4.69, 9.17) is 9.47 Å². The minimum atomic E-state index is -0.522. The maximum atomic E-state index is 12.6. The molecule has 1 aliphatic rings. The summed E-state index contributed by atoms with van der Waals surface area (Å²) >= 11 is 0. The SMILES string of the molecule is O=C(Nc1ccccc1OCCn1ccnc1)C1Cc2ccccc2O1. The molecule has 1 amide bonds. The number of imidazole rings is 1. The van der Waals surface area contributed by atoms with Crippen molar-refractivity contribution in [2.24, 2.45) is 0 Å². The van der Waals surface area contributed by atoms with Gasteiger partial charge < -0.3 is 19.4 Å². The topological polar surface area (TPSA) is 65.4 Å². The molecule has 0 radical (unpaired) electrons. The predicted molar refractivity (Wildman–Crippen MR) is 97.4 cm³/mol. The van der Waals surface area contributed by atoms with Gasteiger partial charge in [-0.3, -0.25) is 4.79 Å². The number of nitrogens with one attached hydrogen (secondary N) is 1. The van der Waals surface area contributed by atoms with Gasteiger partial charge >= 0.3 is 0 Å². The van der Waals surface area contributed by atoms with E-state index in [1.54, 1.807) is 12.5 Å². The van der Waals surface area contributed by atoms with E-state index in [0.29, 0.717) is 31.0 Å². The zero-order chi connectivity index (χ0) is 17.8. The van der Waals surface area contributed by atoms with Crippen LogP contribution in [0.4, 0.5) is 5.69 Å². The van der Waals surface area contributed by atoms with Crippen LogP contribution in [0.1, 0.15) is 5.56 Å². The van der Waals surface area contributed by atoms with Crippen molar-refractivity contribution in [3.05, 3.63) is 72.8 Å². The van der Waals surface area contributed by atoms with Gasteiger partial charge in [0.15, 0.2) is 6.10 Å². The Hall–Kier alpha value is -3.28. The van der Waals surface area contributed by atoms with E-state index >= 15 is 0 Å². The number of hydrogen-bond acceptors (Lipinski definition) is 4. The number of hydrogen-bond donors (Lipinski definition) is 1. The number of amides is 1. The Kier molecular flexibility index (Phi) is 4.55. The van der Waals surface area contributed by atoms with Crippen molar-refractivity contribution < 1.29 is 14.3 Å². The van der Waals surface area contributed by atoms with Crippen LogP contribution in [0.2, 0.25) is 0 Å². The highest BCUT2D eigenvalue weighted by molar-refractivity contribution is 5.96. The van der Waals surface area contributed by atoms with Crippen molar-refractivity contribution >= 4 is 11.6 Å². The second kappa shape index (κ2) is 7.31. The van der Waals surface area contributed by atoms with E-state index in [1.807, 2.05) is 59.3 Å². The van der Waals surface area contributed by atoms with Crippen LogP contribution in [-0.4, -0.2) is 28.2 Å². The van der Waals surface area contributed by atoms with Gasteiger partial charge in [0.1, 0.15) is 18.1 Å². The number of fused-ring (bicyclic) bond motifs is 1. The van der Waals surface area contributed by atoms with Crippen LogP contribution in [0.3, 0.4) is 0 Å². The van der Waals surface area contributed by atoms with Crippen LogP contribution in [-0.2, 0) is 17.8 Å². The maximum absolute atomic E-state index is 12.6. The first-order valence-electron chi connectivity index (χ1n) is 8.52. The number of ether oxygens (including phenoxy) is 2. The van der Waals surface area contributed by atoms with Crippen LogP contribution in [0.15, 0.2) is 67.3 Å². The number of nitrogens with zero attached hydrogens (tertiary/aromatic N) is 2. The largest absolute Gasteiger partial charge is 0.490 e. The molecule has 1 unspecified atom stereocenters. The van der Waals surface area contributed by atoms with Crippen LogP contribution in [0.5, 0.6) is 11.5 Å². The third-order valence-corrected chi connectivity index (χ3v) is 4.25. The van der Waals surface area contributed by atoms with E-state index in [9.17, 15) is 4.79 Å². The summed E-state index contributed by atoms with van der Waals surface area (Å²) in [6, 6.07) is 15.1. The molecule has 0 fully saturated rings. The van der Waals surface area contributed by atoms with Crippen LogP contribution in [0, 0.1) is 0 Å². The van der Waals surface area contributed by atoms with Gasteiger partial charge in [0, 0.05) is 18.8 Å². The molecule has 4 rings (SSSR count). The van der Waals surface area contributed by atoms with Gasteiger partial charge in [0.25, 0.3) is 5.91 Å². The van der Waals surface area contributed by atoms with Gasteiger partial charge in [-0.15, -0.1) is 0 Å². The smallest absolute Gasteiger partial charge is 0.265 e. The summed E-state index contributed by atoms with van der Waals surface area (Å²) < 4.78 is 13.5. The number of benzene rings is 2. The monoisotopic (exact) mass is 349 g/mol. The first-order valence-corrected chi connectivity index (χ1v) is 8.52. The molecule has 0 aliphatic carbocycles. The minimum Gasteiger partial charge on any atom is -0.490 e. The molecule has 6 heteroatoms. The quantitative estimate of drug-likeness (QED) is 0.743. The molecule has 2 heterocycles. The average Bonchev–Trinajstić information content (AvgIpc) is 3.32. The van der Waals surface area contributed by atoms with E-state index in [0.717, 1.165) is 11.3 Å². The average molecular weight is 349 g/mol. The standard InChI is InChI=1S/C20H19N3O3/c24-20(19-13-15-5-1-3-7-17(15)26-19)22-16-6-2-4-8-18(16)25-12-11-23-10-9-21-14-23/h1-10,14,19H,11-13H2,(H,22,24). The predicted octanol–water partition coefficient (Wildman–Crippen LogP) is 2.90. The van der Waals surface area contributed by atoms with E-state index < -0.39 is 6.10 Å². The molecule has 1 atom stereocenters. The first kappa shape index (κ1) is 16.2. The number of rotatable bonds is 6. The Labute approximate surface area is 151 Å². The van der Waals surface area contributed by atoms with Crippen molar-refractivity contribution in [3.63, 3.8) is 0 Å². The van der Waals surface area contributed by atoms with Crippen LogP contribution < -0.4 is 14.8 Å². The second-order valence-electron chi connectivity index (χ2n) is 6.05. The van der Waals surface area contributed by atoms with Crippen LogP contribution >= 0.6 is 0 Å². The van der Waals surface area contributed by atoms with E-state index in [1.165, 1.54) is 0 Å². The molecule has 26 heavy (non-hydrogen) atoms. The van der Waals surface area contributed by atoms with Crippen molar-refractivity contribution in [2.45, 2.75) is 19.1 Å². The highest BCUT2D eigenvalue weighted by Gasteiger charge is 2.29. The normalized spacial score (nSPS) is 15.2. The number of aromatic nitrogens is 2. The molecule has 1 aliphatic heterocycles. The maximum Gasteiger partial charge on any atom is 0.265 e.